The molecular weight excluding hydrogens is 172 g/mol. The van der Waals surface area contributed by atoms with Gasteiger partial charge in [-0.25, -0.2) is 0 Å². The third-order valence-corrected chi connectivity index (χ3v) is 3.60. The summed E-state index contributed by atoms with van der Waals surface area (Å²) in [6, 6.07) is 9.52. The van der Waals surface area contributed by atoms with E-state index in [2.05, 4.69) is 41.4 Å². The predicted octanol–water partition coefficient (Wildman–Crippen LogP) is 1.58. The van der Waals surface area contributed by atoms with E-state index < -0.39 is 0 Å². The maximum atomic E-state index is 3.48. The second-order valence-electron chi connectivity index (χ2n) is 4.31. The lowest BCUT2D eigenvalue weighted by molar-refractivity contribution is 0.456. The maximum absolute atomic E-state index is 3.48. The van der Waals surface area contributed by atoms with Gasteiger partial charge in [-0.15, -0.1) is 0 Å². The number of benzene rings is 1. The first kappa shape index (κ1) is 8.30. The van der Waals surface area contributed by atoms with Gasteiger partial charge in [0.25, 0.3) is 0 Å². The lowest BCUT2D eigenvalue weighted by atomic mass is 9.97. The Balaban J connectivity index is 2.06. The van der Waals surface area contributed by atoms with Crippen molar-refractivity contribution in [1.82, 2.24) is 5.32 Å². The molecule has 2 unspecified atom stereocenters. The quantitative estimate of drug-likeness (QED) is 0.665. The van der Waals surface area contributed by atoms with Gasteiger partial charge in [0.15, 0.2) is 0 Å². The average Bonchev–Trinajstić information content (AvgIpc) is 2.55. The highest BCUT2D eigenvalue weighted by molar-refractivity contribution is 5.62. The van der Waals surface area contributed by atoms with Crippen LogP contribution in [0.1, 0.15) is 18.4 Å². The van der Waals surface area contributed by atoms with Gasteiger partial charge >= 0.3 is 0 Å². The summed E-state index contributed by atoms with van der Waals surface area (Å²) >= 11 is 0. The van der Waals surface area contributed by atoms with E-state index >= 15 is 0 Å². The highest BCUT2D eigenvalue weighted by atomic mass is 15.2. The summed E-state index contributed by atoms with van der Waals surface area (Å²) in [5.41, 5.74) is 2.99. The first-order chi connectivity index (χ1) is 6.88. The molecule has 2 heterocycles. The molecule has 0 radical (unpaired) electrons. The Labute approximate surface area is 84.9 Å². The maximum Gasteiger partial charge on any atom is 0.0481 e. The first-order valence-electron chi connectivity index (χ1n) is 5.44. The van der Waals surface area contributed by atoms with Gasteiger partial charge in [-0.05, 0) is 11.6 Å². The number of rotatable bonds is 0. The van der Waals surface area contributed by atoms with Crippen LogP contribution >= 0.6 is 0 Å². The van der Waals surface area contributed by atoms with Gasteiger partial charge in [-0.3, -0.25) is 0 Å². The molecule has 0 amide bonds. The molecule has 0 saturated carbocycles. The van der Waals surface area contributed by atoms with E-state index in [0.29, 0.717) is 12.0 Å². The predicted molar refractivity (Wildman–Crippen MR) is 58.9 cm³/mol. The summed E-state index contributed by atoms with van der Waals surface area (Å²) < 4.78 is 0. The van der Waals surface area contributed by atoms with Crippen LogP contribution in [0.25, 0.3) is 0 Å². The molecule has 1 saturated heterocycles. The summed E-state index contributed by atoms with van der Waals surface area (Å²) in [5, 5.41) is 3.48. The number of piperazine rings is 1. The summed E-state index contributed by atoms with van der Waals surface area (Å²) in [6.45, 7) is 5.76. The molecule has 2 aliphatic heterocycles. The lowest BCUT2D eigenvalue weighted by Gasteiger charge is -2.34. The van der Waals surface area contributed by atoms with E-state index in [0.717, 1.165) is 19.6 Å². The molecular formula is C12H16N2. The van der Waals surface area contributed by atoms with Crippen LogP contribution in [-0.2, 0) is 0 Å². The Morgan fingerprint density at radius 2 is 2.21 bits per heavy atom. The van der Waals surface area contributed by atoms with E-state index in [4.69, 9.17) is 0 Å². The zero-order valence-electron chi connectivity index (χ0n) is 8.53. The Morgan fingerprint density at radius 1 is 1.36 bits per heavy atom. The van der Waals surface area contributed by atoms with E-state index in [1.165, 1.54) is 11.3 Å². The smallest absolute Gasteiger partial charge is 0.0481 e. The largest absolute Gasteiger partial charge is 0.365 e. The van der Waals surface area contributed by atoms with Gasteiger partial charge in [-0.2, -0.15) is 0 Å². The molecule has 2 nitrogen and oxygen atoms in total. The minimum absolute atomic E-state index is 0.680. The minimum Gasteiger partial charge on any atom is -0.365 e. The van der Waals surface area contributed by atoms with Gasteiger partial charge in [0.2, 0.25) is 0 Å². The SMILES string of the molecule is CC1c2ccccc2N2CCNCC12. The first-order valence-corrected chi connectivity index (χ1v) is 5.44. The number of fused-ring (bicyclic) bond motifs is 3. The normalized spacial score (nSPS) is 29.9. The Bertz CT molecular complexity index is 348. The van der Waals surface area contributed by atoms with Crippen LogP contribution in [0.5, 0.6) is 0 Å². The van der Waals surface area contributed by atoms with Gasteiger partial charge < -0.3 is 10.2 Å². The van der Waals surface area contributed by atoms with Gasteiger partial charge in [-0.1, -0.05) is 25.1 Å². The van der Waals surface area contributed by atoms with Crippen molar-refractivity contribution in [3.05, 3.63) is 29.8 Å². The fourth-order valence-corrected chi connectivity index (χ4v) is 2.81. The van der Waals surface area contributed by atoms with Crippen molar-refractivity contribution in [1.29, 1.82) is 0 Å². The molecule has 1 fully saturated rings. The third-order valence-electron chi connectivity index (χ3n) is 3.60. The molecule has 74 valence electrons. The van der Waals surface area contributed by atoms with Crippen molar-refractivity contribution in [3.63, 3.8) is 0 Å². The van der Waals surface area contributed by atoms with Crippen molar-refractivity contribution < 1.29 is 0 Å². The number of nitrogens with zero attached hydrogens (tertiary/aromatic N) is 1. The zero-order chi connectivity index (χ0) is 9.54. The Hall–Kier alpha value is -1.02. The second-order valence-corrected chi connectivity index (χ2v) is 4.31. The minimum atomic E-state index is 0.680. The summed E-state index contributed by atoms with van der Waals surface area (Å²) in [4.78, 5) is 2.57. The van der Waals surface area contributed by atoms with Crippen LogP contribution in [0.2, 0.25) is 0 Å². The van der Waals surface area contributed by atoms with Crippen molar-refractivity contribution in [2.45, 2.75) is 18.9 Å². The van der Waals surface area contributed by atoms with Crippen LogP contribution in [0.4, 0.5) is 5.69 Å². The van der Waals surface area contributed by atoms with Crippen LogP contribution in [-0.4, -0.2) is 25.7 Å². The van der Waals surface area contributed by atoms with Crippen LogP contribution in [0.15, 0.2) is 24.3 Å². The van der Waals surface area contributed by atoms with Gasteiger partial charge in [0.1, 0.15) is 0 Å². The number of para-hydroxylation sites is 1. The molecule has 1 aromatic carbocycles. The fourth-order valence-electron chi connectivity index (χ4n) is 2.81. The van der Waals surface area contributed by atoms with Crippen molar-refractivity contribution in [2.24, 2.45) is 0 Å². The number of anilines is 1. The molecule has 3 rings (SSSR count). The highest BCUT2D eigenvalue weighted by Gasteiger charge is 2.36. The summed E-state index contributed by atoms with van der Waals surface area (Å²) in [6.07, 6.45) is 0. The molecule has 1 aromatic rings. The fraction of sp³-hybridized carbons (Fsp3) is 0.500. The van der Waals surface area contributed by atoms with Crippen LogP contribution < -0.4 is 10.2 Å². The molecule has 0 spiro atoms. The number of hydrogen-bond donors (Lipinski definition) is 1. The molecule has 0 bridgehead atoms. The topological polar surface area (TPSA) is 15.3 Å². The second kappa shape index (κ2) is 2.99. The Kier molecular flexibility index (Phi) is 1.77. The molecule has 2 heteroatoms. The van der Waals surface area contributed by atoms with E-state index in [1.807, 2.05) is 0 Å². The molecule has 0 aromatic heterocycles. The third kappa shape index (κ3) is 1.01. The van der Waals surface area contributed by atoms with Crippen molar-refractivity contribution in [3.8, 4) is 0 Å². The summed E-state index contributed by atoms with van der Waals surface area (Å²) in [5.74, 6) is 0.680. The van der Waals surface area contributed by atoms with Crippen LogP contribution in [0, 0.1) is 0 Å². The molecule has 2 aliphatic rings. The van der Waals surface area contributed by atoms with Gasteiger partial charge in [0.05, 0.1) is 0 Å². The zero-order valence-corrected chi connectivity index (χ0v) is 8.53. The number of nitrogens with one attached hydrogen (secondary N) is 1. The number of hydrogen-bond acceptors (Lipinski definition) is 2. The van der Waals surface area contributed by atoms with E-state index in [9.17, 15) is 0 Å². The van der Waals surface area contributed by atoms with E-state index in [1.54, 1.807) is 0 Å². The Morgan fingerprint density at radius 3 is 3.14 bits per heavy atom. The van der Waals surface area contributed by atoms with Gasteiger partial charge in [0, 0.05) is 37.3 Å². The lowest BCUT2D eigenvalue weighted by Crippen LogP contribution is -2.50. The highest BCUT2D eigenvalue weighted by Crippen LogP contribution is 2.40. The van der Waals surface area contributed by atoms with Crippen molar-refractivity contribution in [2.75, 3.05) is 24.5 Å². The molecule has 14 heavy (non-hydrogen) atoms. The molecule has 1 N–H and O–H groups in total. The molecule has 2 atom stereocenters. The monoisotopic (exact) mass is 188 g/mol. The van der Waals surface area contributed by atoms with Crippen LogP contribution in [0.3, 0.4) is 0 Å². The standard InChI is InChI=1S/C12H16N2/c1-9-10-4-2-3-5-11(10)14-7-6-13-8-12(9)14/h2-5,9,12-13H,6-8H2,1H3. The molecule has 0 aliphatic carbocycles. The average molecular weight is 188 g/mol. The van der Waals surface area contributed by atoms with E-state index in [-0.39, 0.29) is 0 Å². The van der Waals surface area contributed by atoms with Crippen molar-refractivity contribution >= 4 is 5.69 Å². The summed E-state index contributed by atoms with van der Waals surface area (Å²) in [7, 11) is 0.